The molecule has 1 atom stereocenters. The van der Waals surface area contributed by atoms with Crippen molar-refractivity contribution in [3.05, 3.63) is 17.0 Å². The van der Waals surface area contributed by atoms with Crippen molar-refractivity contribution in [2.24, 2.45) is 0 Å². The molecule has 0 spiro atoms. The first-order valence-corrected chi connectivity index (χ1v) is 5.60. The van der Waals surface area contributed by atoms with Gasteiger partial charge in [0.15, 0.2) is 0 Å². The standard InChI is InChI=1S/C11H19N3O/c1-8-11(9(2)13-12-8)10-4-3-5-14(10)6-7-15/h10,15H,3-7H2,1-2H3,(H,12,13). The number of H-pyrrole nitrogens is 1. The highest BCUT2D eigenvalue weighted by atomic mass is 16.3. The van der Waals surface area contributed by atoms with Gasteiger partial charge in [-0.2, -0.15) is 5.10 Å². The van der Waals surface area contributed by atoms with Crippen LogP contribution in [0.5, 0.6) is 0 Å². The number of nitrogens with zero attached hydrogens (tertiary/aromatic N) is 2. The van der Waals surface area contributed by atoms with Gasteiger partial charge in [-0.3, -0.25) is 10.00 Å². The van der Waals surface area contributed by atoms with Crippen LogP contribution >= 0.6 is 0 Å². The average Bonchev–Trinajstić information content (AvgIpc) is 2.75. The fraction of sp³-hybridized carbons (Fsp3) is 0.727. The zero-order chi connectivity index (χ0) is 10.8. The number of aromatic amines is 1. The van der Waals surface area contributed by atoms with Gasteiger partial charge in [0, 0.05) is 23.8 Å². The molecule has 0 aromatic carbocycles. The highest BCUT2D eigenvalue weighted by molar-refractivity contribution is 5.28. The van der Waals surface area contributed by atoms with E-state index < -0.39 is 0 Å². The van der Waals surface area contributed by atoms with E-state index in [-0.39, 0.29) is 6.61 Å². The summed E-state index contributed by atoms with van der Waals surface area (Å²) >= 11 is 0. The van der Waals surface area contributed by atoms with Crippen LogP contribution in [-0.2, 0) is 0 Å². The largest absolute Gasteiger partial charge is 0.395 e. The Morgan fingerprint density at radius 2 is 2.33 bits per heavy atom. The average molecular weight is 209 g/mol. The Kier molecular flexibility index (Phi) is 3.07. The molecule has 1 saturated heterocycles. The molecule has 1 aliphatic heterocycles. The lowest BCUT2D eigenvalue weighted by atomic mass is 10.0. The lowest BCUT2D eigenvalue weighted by molar-refractivity contribution is 0.185. The summed E-state index contributed by atoms with van der Waals surface area (Å²) in [5, 5.41) is 16.3. The Morgan fingerprint density at radius 3 is 2.93 bits per heavy atom. The number of aliphatic hydroxyl groups is 1. The van der Waals surface area contributed by atoms with Crippen LogP contribution in [0.25, 0.3) is 0 Å². The van der Waals surface area contributed by atoms with Crippen LogP contribution < -0.4 is 0 Å². The van der Waals surface area contributed by atoms with E-state index in [1.807, 2.05) is 6.92 Å². The van der Waals surface area contributed by atoms with Crippen LogP contribution in [0, 0.1) is 13.8 Å². The van der Waals surface area contributed by atoms with Crippen molar-refractivity contribution in [3.63, 3.8) is 0 Å². The summed E-state index contributed by atoms with van der Waals surface area (Å²) in [6.45, 7) is 6.23. The summed E-state index contributed by atoms with van der Waals surface area (Å²) < 4.78 is 0. The molecule has 2 rings (SSSR count). The Morgan fingerprint density at radius 1 is 1.53 bits per heavy atom. The highest BCUT2D eigenvalue weighted by Crippen LogP contribution is 2.34. The number of likely N-dealkylation sites (tertiary alicyclic amines) is 1. The third kappa shape index (κ3) is 1.92. The third-order valence-electron chi connectivity index (χ3n) is 3.27. The molecule has 1 aromatic rings. The van der Waals surface area contributed by atoms with Crippen molar-refractivity contribution in [2.75, 3.05) is 19.7 Å². The molecule has 0 amide bonds. The third-order valence-corrected chi connectivity index (χ3v) is 3.27. The molecule has 1 fully saturated rings. The minimum atomic E-state index is 0.243. The molecule has 0 radical (unpaired) electrons. The van der Waals surface area contributed by atoms with Gasteiger partial charge in [0.25, 0.3) is 0 Å². The summed E-state index contributed by atoms with van der Waals surface area (Å²) in [4.78, 5) is 2.35. The molecule has 15 heavy (non-hydrogen) atoms. The predicted octanol–water partition coefficient (Wildman–Crippen LogP) is 1.16. The van der Waals surface area contributed by atoms with E-state index in [9.17, 15) is 0 Å². The van der Waals surface area contributed by atoms with Gasteiger partial charge in [0.05, 0.1) is 12.3 Å². The minimum Gasteiger partial charge on any atom is -0.395 e. The van der Waals surface area contributed by atoms with E-state index in [0.29, 0.717) is 6.04 Å². The monoisotopic (exact) mass is 209 g/mol. The first kappa shape index (κ1) is 10.6. The fourth-order valence-corrected chi connectivity index (χ4v) is 2.60. The smallest absolute Gasteiger partial charge is 0.0641 e. The van der Waals surface area contributed by atoms with Crippen LogP contribution in [-0.4, -0.2) is 39.9 Å². The number of β-amino-alcohol motifs (C(OH)–C–C–N with tert-alkyl or cyclic N) is 1. The maximum absolute atomic E-state index is 9.02. The van der Waals surface area contributed by atoms with Gasteiger partial charge in [-0.1, -0.05) is 0 Å². The van der Waals surface area contributed by atoms with E-state index in [2.05, 4.69) is 22.0 Å². The molecular formula is C11H19N3O. The van der Waals surface area contributed by atoms with Gasteiger partial charge >= 0.3 is 0 Å². The summed E-state index contributed by atoms with van der Waals surface area (Å²) in [5.74, 6) is 0. The summed E-state index contributed by atoms with van der Waals surface area (Å²) in [5.41, 5.74) is 3.60. The summed E-state index contributed by atoms with van der Waals surface area (Å²) in [6.07, 6.45) is 2.40. The second-order valence-electron chi connectivity index (χ2n) is 4.27. The summed E-state index contributed by atoms with van der Waals surface area (Å²) in [7, 11) is 0. The molecule has 4 heteroatoms. The Labute approximate surface area is 90.3 Å². The molecule has 2 heterocycles. The van der Waals surface area contributed by atoms with E-state index in [1.165, 1.54) is 24.1 Å². The molecule has 4 nitrogen and oxygen atoms in total. The van der Waals surface area contributed by atoms with Crippen molar-refractivity contribution >= 4 is 0 Å². The first-order valence-electron chi connectivity index (χ1n) is 5.60. The molecule has 2 N–H and O–H groups in total. The molecule has 1 aliphatic rings. The Bertz CT molecular complexity index is 315. The van der Waals surface area contributed by atoms with Gasteiger partial charge in [-0.25, -0.2) is 0 Å². The first-order chi connectivity index (χ1) is 7.24. The fourth-order valence-electron chi connectivity index (χ4n) is 2.60. The van der Waals surface area contributed by atoms with Crippen LogP contribution in [0.1, 0.15) is 35.8 Å². The quantitative estimate of drug-likeness (QED) is 0.785. The molecule has 0 aliphatic carbocycles. The normalized spacial score (nSPS) is 22.5. The van der Waals surface area contributed by atoms with Gasteiger partial charge in [-0.15, -0.1) is 0 Å². The maximum Gasteiger partial charge on any atom is 0.0641 e. The van der Waals surface area contributed by atoms with Crippen molar-refractivity contribution in [3.8, 4) is 0 Å². The number of nitrogens with one attached hydrogen (secondary N) is 1. The van der Waals surface area contributed by atoms with Crippen LogP contribution in [0.3, 0.4) is 0 Å². The SMILES string of the molecule is Cc1n[nH]c(C)c1C1CCCN1CCO. The molecule has 1 unspecified atom stereocenters. The van der Waals surface area contributed by atoms with Crippen molar-refractivity contribution in [2.45, 2.75) is 32.7 Å². The number of aromatic nitrogens is 2. The van der Waals surface area contributed by atoms with Crippen molar-refractivity contribution < 1.29 is 5.11 Å². The highest BCUT2D eigenvalue weighted by Gasteiger charge is 2.28. The lowest BCUT2D eigenvalue weighted by Gasteiger charge is -2.23. The molecule has 84 valence electrons. The zero-order valence-electron chi connectivity index (χ0n) is 9.45. The predicted molar refractivity (Wildman–Crippen MR) is 58.7 cm³/mol. The van der Waals surface area contributed by atoms with Gasteiger partial charge < -0.3 is 5.11 Å². The second-order valence-corrected chi connectivity index (χ2v) is 4.27. The van der Waals surface area contributed by atoms with E-state index in [4.69, 9.17) is 5.11 Å². The van der Waals surface area contributed by atoms with Gasteiger partial charge in [0.1, 0.15) is 0 Å². The van der Waals surface area contributed by atoms with Gasteiger partial charge in [-0.05, 0) is 33.2 Å². The Hall–Kier alpha value is -0.870. The topological polar surface area (TPSA) is 52.2 Å². The van der Waals surface area contributed by atoms with Crippen molar-refractivity contribution in [1.82, 2.24) is 15.1 Å². The summed E-state index contributed by atoms with van der Waals surface area (Å²) in [6, 6.07) is 0.455. The van der Waals surface area contributed by atoms with Crippen molar-refractivity contribution in [1.29, 1.82) is 0 Å². The number of rotatable bonds is 3. The molecule has 1 aromatic heterocycles. The van der Waals surface area contributed by atoms with Crippen LogP contribution in [0.2, 0.25) is 0 Å². The number of hydrogen-bond donors (Lipinski definition) is 2. The molecule has 0 bridgehead atoms. The van der Waals surface area contributed by atoms with E-state index in [1.54, 1.807) is 0 Å². The zero-order valence-corrected chi connectivity index (χ0v) is 9.45. The number of hydrogen-bond acceptors (Lipinski definition) is 3. The lowest BCUT2D eigenvalue weighted by Crippen LogP contribution is -2.27. The van der Waals surface area contributed by atoms with Gasteiger partial charge in [0.2, 0.25) is 0 Å². The Balaban J connectivity index is 2.22. The number of aryl methyl sites for hydroxylation is 2. The second kappa shape index (κ2) is 4.33. The van der Waals surface area contributed by atoms with Crippen LogP contribution in [0.15, 0.2) is 0 Å². The van der Waals surface area contributed by atoms with E-state index >= 15 is 0 Å². The van der Waals surface area contributed by atoms with Crippen LogP contribution in [0.4, 0.5) is 0 Å². The van der Waals surface area contributed by atoms with E-state index in [0.717, 1.165) is 18.8 Å². The maximum atomic E-state index is 9.02. The number of aliphatic hydroxyl groups excluding tert-OH is 1. The molecular weight excluding hydrogens is 190 g/mol. The molecule has 0 saturated carbocycles. The minimum absolute atomic E-state index is 0.243.